The van der Waals surface area contributed by atoms with Crippen molar-refractivity contribution in [2.75, 3.05) is 12.3 Å². The fourth-order valence-electron chi connectivity index (χ4n) is 5.12. The Morgan fingerprint density at radius 2 is 1.06 bits per heavy atom. The minimum absolute atomic E-state index is 0. The van der Waals surface area contributed by atoms with Gasteiger partial charge in [0.2, 0.25) is 0 Å². The smallest absolute Gasteiger partial charge is 0.332 e. The van der Waals surface area contributed by atoms with Crippen LogP contribution in [0.4, 0.5) is 0 Å². The predicted octanol–water partition coefficient (Wildman–Crippen LogP) is -5.10. The summed E-state index contributed by atoms with van der Waals surface area (Å²) in [5, 5.41) is 0. The molecule has 5 aromatic rings. The first-order valence-corrected chi connectivity index (χ1v) is 17.7. The van der Waals surface area contributed by atoms with Crippen LogP contribution in [0.25, 0.3) is 22.3 Å². The molecule has 16 heteroatoms. The van der Waals surface area contributed by atoms with Crippen LogP contribution >= 0.6 is 27.6 Å². The molecule has 0 saturated carbocycles. The second-order valence-corrected chi connectivity index (χ2v) is 14.2. The normalized spacial score (nSPS) is 11.6. The molecule has 0 amide bonds. The van der Waals surface area contributed by atoms with Gasteiger partial charge in [-0.2, -0.15) is 0 Å². The van der Waals surface area contributed by atoms with Crippen LogP contribution in [0.2, 0.25) is 0 Å². The molecule has 1 unspecified atom stereocenters. The van der Waals surface area contributed by atoms with Gasteiger partial charge in [0, 0.05) is 60.8 Å². The monoisotopic (exact) mass is 774 g/mol. The summed E-state index contributed by atoms with van der Waals surface area (Å²) in [5.74, 6) is 0. The highest BCUT2D eigenvalue weighted by Crippen LogP contribution is 2.38. The molecule has 1 atom stereocenters. The number of halogens is 4. The molecule has 5 rings (SSSR count). The molecule has 1 aromatic carbocycles. The Balaban J connectivity index is 0.00000288. The van der Waals surface area contributed by atoms with E-state index in [0.717, 1.165) is 33.4 Å². The zero-order valence-corrected chi connectivity index (χ0v) is 30.4. The van der Waals surface area contributed by atoms with Gasteiger partial charge in [0.15, 0.2) is 56.3 Å². The molecule has 0 spiro atoms. The molecular weight excluding hydrogens is 740 g/mol. The molecular formula is C32H36Cl4N4O6P2. The maximum absolute atomic E-state index is 12.1. The zero-order valence-electron chi connectivity index (χ0n) is 25.5. The van der Waals surface area contributed by atoms with Crippen molar-refractivity contribution in [3.8, 4) is 22.3 Å². The van der Waals surface area contributed by atoms with Gasteiger partial charge in [-0.3, -0.25) is 14.1 Å². The van der Waals surface area contributed by atoms with Crippen LogP contribution in [-0.2, 0) is 28.6 Å². The number of hydrogen-bond acceptors (Lipinski definition) is 3. The van der Waals surface area contributed by atoms with E-state index in [-0.39, 0.29) is 68.5 Å². The summed E-state index contributed by atoms with van der Waals surface area (Å²) in [5.41, 5.74) is 6.06. The molecule has 10 nitrogen and oxygen atoms in total. The number of aryl methyl sites for hydroxylation is 1. The van der Waals surface area contributed by atoms with Crippen molar-refractivity contribution in [1.82, 2.24) is 4.98 Å². The third-order valence-corrected chi connectivity index (χ3v) is 9.11. The van der Waals surface area contributed by atoms with Crippen molar-refractivity contribution in [2.24, 2.45) is 0 Å². The lowest BCUT2D eigenvalue weighted by atomic mass is 10.00. The predicted molar refractivity (Wildman–Crippen MR) is 171 cm³/mol. The van der Waals surface area contributed by atoms with Crippen molar-refractivity contribution in [3.05, 3.63) is 133 Å². The van der Waals surface area contributed by atoms with Crippen LogP contribution in [0.3, 0.4) is 0 Å². The Morgan fingerprint density at radius 1 is 0.604 bits per heavy atom. The van der Waals surface area contributed by atoms with Gasteiger partial charge in [0.25, 0.3) is 0 Å². The van der Waals surface area contributed by atoms with Crippen molar-refractivity contribution in [2.45, 2.75) is 25.6 Å². The van der Waals surface area contributed by atoms with Gasteiger partial charge in [0.05, 0.1) is 0 Å². The number of pyridine rings is 4. The number of nitrogens with zero attached hydrogens (tertiary/aromatic N) is 4. The number of rotatable bonds is 12. The first kappa shape index (κ1) is 43.3. The minimum Gasteiger partial charge on any atom is -1.00 e. The molecule has 0 bridgehead atoms. The van der Waals surface area contributed by atoms with Crippen molar-refractivity contribution < 1.29 is 79.6 Å². The van der Waals surface area contributed by atoms with E-state index in [1.165, 1.54) is 0 Å². The molecule has 0 saturated heterocycles. The average Bonchev–Trinajstić information content (AvgIpc) is 3.01. The molecule has 4 aromatic heterocycles. The van der Waals surface area contributed by atoms with Gasteiger partial charge in [-0.05, 0) is 39.9 Å². The van der Waals surface area contributed by atoms with Gasteiger partial charge < -0.3 is 56.8 Å². The third-order valence-electron chi connectivity index (χ3n) is 7.43. The minimum atomic E-state index is -4.30. The van der Waals surface area contributed by atoms with Crippen LogP contribution in [0, 0.1) is 0 Å². The molecule has 0 fully saturated rings. The third kappa shape index (κ3) is 13.0. The standard InChI is InChI=1S/C32H32N4O6P2.4ClH/c37-43(38,39)22-21-34-15-7-27(8-16-34)28-9-17-35(18-10-28)24-31-4-2-1-3-30(31)23-32(25-44(40,41)42)36-19-11-29(12-20-36)26-5-13-33-14-6-26;;;;/h1-20,32H,21-25H2,(H-3,37,38,39,40,41,42);4*1H. The van der Waals surface area contributed by atoms with E-state index in [1.54, 1.807) is 29.4 Å². The van der Waals surface area contributed by atoms with E-state index in [4.69, 9.17) is 9.79 Å². The van der Waals surface area contributed by atoms with Crippen molar-refractivity contribution in [1.29, 1.82) is 0 Å². The summed E-state index contributed by atoms with van der Waals surface area (Å²) >= 11 is 0. The maximum atomic E-state index is 12.1. The topological polar surface area (TPSA) is 140 Å². The summed E-state index contributed by atoms with van der Waals surface area (Å²) in [6.07, 6.45) is 14.7. The van der Waals surface area contributed by atoms with E-state index in [1.807, 2.05) is 102 Å². The molecule has 0 radical (unpaired) electrons. The van der Waals surface area contributed by atoms with Gasteiger partial charge in [-0.15, -0.1) is 12.4 Å². The highest BCUT2D eigenvalue weighted by molar-refractivity contribution is 7.52. The Morgan fingerprint density at radius 3 is 1.56 bits per heavy atom. The van der Waals surface area contributed by atoms with E-state index < -0.39 is 21.2 Å². The number of hydrogen-bond donors (Lipinski definition) is 4. The van der Waals surface area contributed by atoms with Crippen molar-refractivity contribution >= 4 is 27.6 Å². The van der Waals surface area contributed by atoms with Crippen molar-refractivity contribution in [3.63, 3.8) is 0 Å². The molecule has 0 aliphatic carbocycles. The molecule has 4 heterocycles. The number of aromatic nitrogens is 4. The summed E-state index contributed by atoms with van der Waals surface area (Å²) in [6.45, 7) is 0.824. The zero-order chi connectivity index (χ0) is 31.2. The van der Waals surface area contributed by atoms with Gasteiger partial charge >= 0.3 is 15.2 Å². The van der Waals surface area contributed by atoms with E-state index in [2.05, 4.69) is 9.55 Å². The van der Waals surface area contributed by atoms with Crippen LogP contribution in [-0.4, -0.2) is 36.9 Å². The molecule has 0 aliphatic rings. The lowest BCUT2D eigenvalue weighted by Gasteiger charge is -2.16. The fraction of sp³-hybridized carbons (Fsp3) is 0.188. The van der Waals surface area contributed by atoms with Gasteiger partial charge in [0.1, 0.15) is 12.3 Å². The van der Waals surface area contributed by atoms with Gasteiger partial charge in [-0.1, -0.05) is 24.3 Å². The quantitative estimate of drug-likeness (QED) is 0.0736. The lowest BCUT2D eigenvalue weighted by molar-refractivity contribution is -0.718. The molecule has 48 heavy (non-hydrogen) atoms. The first-order valence-electron chi connectivity index (χ1n) is 14.1. The number of benzene rings is 1. The second-order valence-electron chi connectivity index (χ2n) is 10.7. The van der Waals surface area contributed by atoms with Crippen LogP contribution in [0.15, 0.2) is 122 Å². The van der Waals surface area contributed by atoms with E-state index in [0.29, 0.717) is 13.0 Å². The largest absolute Gasteiger partial charge is 1.00 e. The molecule has 258 valence electrons. The Labute approximate surface area is 304 Å². The van der Waals surface area contributed by atoms with Gasteiger partial charge in [-0.25, -0.2) is 13.7 Å². The highest BCUT2D eigenvalue weighted by Gasteiger charge is 2.30. The summed E-state index contributed by atoms with van der Waals surface area (Å²) in [6, 6.07) is 23.1. The maximum Gasteiger partial charge on any atom is 0.332 e. The first-order chi connectivity index (χ1) is 21.0. The summed E-state index contributed by atoms with van der Waals surface area (Å²) in [7, 11) is -8.34. The Hall–Kier alpha value is -2.72. The average molecular weight is 776 g/mol. The summed E-state index contributed by atoms with van der Waals surface area (Å²) < 4.78 is 29.0. The van der Waals surface area contributed by atoms with E-state index >= 15 is 0 Å². The summed E-state index contributed by atoms with van der Waals surface area (Å²) in [4.78, 5) is 42.1. The SMILES string of the molecule is Cl.O=P(O)(O)CC[n+]1ccc(-c2cc[n+](Cc3ccccc3CC(CP(=O)(O)O)[n+]3ccc(-c4ccncc4)cc3)cc2)cc1.[Cl-].[Cl-].[Cl-]. The second kappa shape index (κ2) is 19.5. The van der Waals surface area contributed by atoms with Crippen LogP contribution < -0.4 is 50.9 Å². The van der Waals surface area contributed by atoms with Crippen LogP contribution in [0.5, 0.6) is 0 Å². The fourth-order valence-corrected chi connectivity index (χ4v) is 6.48. The van der Waals surface area contributed by atoms with E-state index in [9.17, 15) is 18.9 Å². The van der Waals surface area contributed by atoms with Crippen LogP contribution in [0.1, 0.15) is 17.2 Å². The lowest BCUT2D eigenvalue weighted by Crippen LogP contribution is -3.00. The molecule has 4 N–H and O–H groups in total. The Bertz CT molecular complexity index is 1800. The Kier molecular flexibility index (Phi) is 17.6. The highest BCUT2D eigenvalue weighted by atomic mass is 35.5. The molecule has 0 aliphatic heterocycles.